The molecule has 3 aromatic rings. The number of aryl methyl sites for hydroxylation is 1. The van der Waals surface area contributed by atoms with Crippen LogP contribution in [0.25, 0.3) is 10.9 Å². The minimum Gasteiger partial charge on any atom is -0.494 e. The SMILES string of the molecule is Cc1ccc2c(C=Nc3ccccc3C(F)(F)F)c(O)[nH]c2c1. The molecule has 0 radical (unpaired) electrons. The lowest BCUT2D eigenvalue weighted by Gasteiger charge is -2.08. The molecule has 3 rings (SSSR count). The minimum absolute atomic E-state index is 0.126. The van der Waals surface area contributed by atoms with Gasteiger partial charge in [-0.1, -0.05) is 24.3 Å². The van der Waals surface area contributed by atoms with Gasteiger partial charge in [0.05, 0.1) is 16.8 Å². The van der Waals surface area contributed by atoms with E-state index in [2.05, 4.69) is 9.98 Å². The van der Waals surface area contributed by atoms with Crippen LogP contribution < -0.4 is 0 Å². The number of alkyl halides is 3. The number of aliphatic imine (C=N–C) groups is 1. The van der Waals surface area contributed by atoms with Gasteiger partial charge in [0.1, 0.15) is 0 Å². The Morgan fingerprint density at radius 1 is 1.13 bits per heavy atom. The number of hydrogen-bond acceptors (Lipinski definition) is 2. The van der Waals surface area contributed by atoms with Crippen LogP contribution in [0, 0.1) is 6.92 Å². The lowest BCUT2D eigenvalue weighted by Crippen LogP contribution is -2.04. The van der Waals surface area contributed by atoms with Gasteiger partial charge in [0.15, 0.2) is 5.88 Å². The molecule has 1 aromatic heterocycles. The van der Waals surface area contributed by atoms with Crippen molar-refractivity contribution in [3.8, 4) is 5.88 Å². The minimum atomic E-state index is -4.48. The number of fused-ring (bicyclic) bond motifs is 1. The first-order chi connectivity index (χ1) is 10.9. The van der Waals surface area contributed by atoms with Crippen LogP contribution in [-0.4, -0.2) is 16.3 Å². The number of aromatic hydroxyl groups is 1. The van der Waals surface area contributed by atoms with Crippen molar-refractivity contribution in [1.82, 2.24) is 4.98 Å². The number of benzene rings is 2. The first kappa shape index (κ1) is 15.1. The predicted octanol–water partition coefficient (Wildman–Crippen LogP) is 4.95. The summed E-state index contributed by atoms with van der Waals surface area (Å²) in [5, 5.41) is 10.7. The van der Waals surface area contributed by atoms with Crippen molar-refractivity contribution in [1.29, 1.82) is 0 Å². The fraction of sp³-hybridized carbons (Fsp3) is 0.118. The lowest BCUT2D eigenvalue weighted by atomic mass is 10.1. The van der Waals surface area contributed by atoms with Gasteiger partial charge in [-0.2, -0.15) is 13.2 Å². The van der Waals surface area contributed by atoms with E-state index in [1.165, 1.54) is 24.4 Å². The van der Waals surface area contributed by atoms with E-state index in [1.54, 1.807) is 6.07 Å². The van der Waals surface area contributed by atoms with Crippen LogP contribution in [-0.2, 0) is 6.18 Å². The highest BCUT2D eigenvalue weighted by Gasteiger charge is 2.33. The van der Waals surface area contributed by atoms with Crippen LogP contribution in [0.3, 0.4) is 0 Å². The number of nitrogens with zero attached hydrogens (tertiary/aromatic N) is 1. The molecule has 0 unspecified atom stereocenters. The zero-order valence-corrected chi connectivity index (χ0v) is 12.1. The van der Waals surface area contributed by atoms with Gasteiger partial charge in [0, 0.05) is 17.1 Å². The molecule has 23 heavy (non-hydrogen) atoms. The number of H-pyrrole nitrogens is 1. The monoisotopic (exact) mass is 318 g/mol. The molecule has 118 valence electrons. The van der Waals surface area contributed by atoms with E-state index in [0.29, 0.717) is 16.5 Å². The molecule has 0 aliphatic carbocycles. The van der Waals surface area contributed by atoms with Gasteiger partial charge in [-0.05, 0) is 30.7 Å². The third-order valence-corrected chi connectivity index (χ3v) is 3.52. The molecular weight excluding hydrogens is 305 g/mol. The highest BCUT2D eigenvalue weighted by molar-refractivity contribution is 6.02. The van der Waals surface area contributed by atoms with Crippen molar-refractivity contribution in [3.63, 3.8) is 0 Å². The Hall–Kier alpha value is -2.76. The average Bonchev–Trinajstić information content (AvgIpc) is 2.79. The Morgan fingerprint density at radius 2 is 1.87 bits per heavy atom. The van der Waals surface area contributed by atoms with E-state index in [1.807, 2.05) is 19.1 Å². The summed E-state index contributed by atoms with van der Waals surface area (Å²) in [6, 6.07) is 10.6. The molecule has 0 saturated carbocycles. The fourth-order valence-electron chi connectivity index (χ4n) is 2.41. The van der Waals surface area contributed by atoms with E-state index in [0.717, 1.165) is 11.6 Å². The molecule has 0 aliphatic rings. The third-order valence-electron chi connectivity index (χ3n) is 3.52. The fourth-order valence-corrected chi connectivity index (χ4v) is 2.41. The lowest BCUT2D eigenvalue weighted by molar-refractivity contribution is -0.137. The van der Waals surface area contributed by atoms with Gasteiger partial charge >= 0.3 is 6.18 Å². The second-order valence-corrected chi connectivity index (χ2v) is 5.21. The summed E-state index contributed by atoms with van der Waals surface area (Å²) in [7, 11) is 0. The Labute approximate surface area is 130 Å². The average molecular weight is 318 g/mol. The Kier molecular flexibility index (Phi) is 3.60. The summed E-state index contributed by atoms with van der Waals surface area (Å²) in [6.45, 7) is 1.91. The van der Waals surface area contributed by atoms with E-state index >= 15 is 0 Å². The van der Waals surface area contributed by atoms with Crippen LogP contribution in [0.2, 0.25) is 0 Å². The van der Waals surface area contributed by atoms with Gasteiger partial charge in [-0.25, -0.2) is 0 Å². The predicted molar refractivity (Wildman–Crippen MR) is 83.4 cm³/mol. The maximum atomic E-state index is 13.0. The molecule has 0 saturated heterocycles. The summed E-state index contributed by atoms with van der Waals surface area (Å²) in [4.78, 5) is 6.71. The van der Waals surface area contributed by atoms with Crippen LogP contribution >= 0.6 is 0 Å². The molecule has 6 heteroatoms. The Morgan fingerprint density at radius 3 is 2.61 bits per heavy atom. The maximum absolute atomic E-state index is 13.0. The van der Waals surface area contributed by atoms with Gasteiger partial charge in [-0.15, -0.1) is 0 Å². The molecule has 2 N–H and O–H groups in total. The smallest absolute Gasteiger partial charge is 0.418 e. The molecule has 0 bridgehead atoms. The number of aromatic amines is 1. The zero-order valence-electron chi connectivity index (χ0n) is 12.1. The highest BCUT2D eigenvalue weighted by atomic mass is 19.4. The summed E-state index contributed by atoms with van der Waals surface area (Å²) in [5.41, 5.74) is 1.06. The van der Waals surface area contributed by atoms with E-state index in [-0.39, 0.29) is 11.6 Å². The molecule has 0 spiro atoms. The van der Waals surface area contributed by atoms with E-state index < -0.39 is 11.7 Å². The second kappa shape index (κ2) is 5.46. The van der Waals surface area contributed by atoms with Crippen LogP contribution in [0.15, 0.2) is 47.5 Å². The number of halogens is 3. The van der Waals surface area contributed by atoms with Crippen LogP contribution in [0.1, 0.15) is 16.7 Å². The molecule has 0 amide bonds. The van der Waals surface area contributed by atoms with Crippen molar-refractivity contribution in [2.75, 3.05) is 0 Å². The maximum Gasteiger partial charge on any atom is 0.418 e. The number of rotatable bonds is 2. The second-order valence-electron chi connectivity index (χ2n) is 5.21. The van der Waals surface area contributed by atoms with E-state index in [4.69, 9.17) is 0 Å². The summed E-state index contributed by atoms with van der Waals surface area (Å²) in [5.74, 6) is -0.126. The number of hydrogen-bond donors (Lipinski definition) is 2. The topological polar surface area (TPSA) is 48.4 Å². The van der Waals surface area contributed by atoms with Gasteiger partial charge in [0.2, 0.25) is 0 Å². The summed E-state index contributed by atoms with van der Waals surface area (Å²) in [6.07, 6.45) is -3.23. The number of nitrogens with one attached hydrogen (secondary N) is 1. The van der Waals surface area contributed by atoms with Crippen molar-refractivity contribution in [3.05, 3.63) is 59.2 Å². The standard InChI is InChI=1S/C17H13F3N2O/c1-10-6-7-11-12(16(23)22-15(11)8-10)9-21-14-5-3-2-4-13(14)17(18,19)20/h2-9,22-23H,1H3. The van der Waals surface area contributed by atoms with Gasteiger partial charge in [0.25, 0.3) is 0 Å². The summed E-state index contributed by atoms with van der Waals surface area (Å²) < 4.78 is 38.9. The highest BCUT2D eigenvalue weighted by Crippen LogP contribution is 2.36. The van der Waals surface area contributed by atoms with Crippen LogP contribution in [0.5, 0.6) is 5.88 Å². The normalized spacial score (nSPS) is 12.3. The first-order valence-corrected chi connectivity index (χ1v) is 6.88. The molecule has 0 aliphatic heterocycles. The molecule has 2 aromatic carbocycles. The molecule has 0 atom stereocenters. The van der Waals surface area contributed by atoms with Crippen molar-refractivity contribution in [2.45, 2.75) is 13.1 Å². The van der Waals surface area contributed by atoms with Crippen molar-refractivity contribution < 1.29 is 18.3 Å². The zero-order chi connectivity index (χ0) is 16.6. The van der Waals surface area contributed by atoms with Gasteiger partial charge < -0.3 is 10.1 Å². The quantitative estimate of drug-likeness (QED) is 0.645. The Balaban J connectivity index is 2.07. The molecule has 0 fully saturated rings. The Bertz CT molecular complexity index is 894. The van der Waals surface area contributed by atoms with E-state index in [9.17, 15) is 18.3 Å². The van der Waals surface area contributed by atoms with Crippen molar-refractivity contribution >= 4 is 22.8 Å². The summed E-state index contributed by atoms with van der Waals surface area (Å²) >= 11 is 0. The van der Waals surface area contributed by atoms with Crippen molar-refractivity contribution in [2.24, 2.45) is 4.99 Å². The number of aromatic nitrogens is 1. The number of para-hydroxylation sites is 1. The third kappa shape index (κ3) is 2.92. The molecular formula is C17H13F3N2O. The molecule has 3 nitrogen and oxygen atoms in total. The largest absolute Gasteiger partial charge is 0.494 e. The first-order valence-electron chi connectivity index (χ1n) is 6.88. The molecule has 1 heterocycles. The van der Waals surface area contributed by atoms with Gasteiger partial charge in [-0.3, -0.25) is 4.99 Å². The van der Waals surface area contributed by atoms with Crippen LogP contribution in [0.4, 0.5) is 18.9 Å².